The number of piperidine rings is 1. The molecule has 2 saturated heterocycles. The molecule has 8 heteroatoms. The fourth-order valence-corrected chi connectivity index (χ4v) is 4.42. The normalized spacial score (nSPS) is 18.8. The molecule has 1 aromatic rings. The van der Waals surface area contributed by atoms with Crippen molar-refractivity contribution in [2.75, 3.05) is 79.2 Å². The summed E-state index contributed by atoms with van der Waals surface area (Å²) >= 11 is 0. The quantitative estimate of drug-likeness (QED) is 0.190. The van der Waals surface area contributed by atoms with Gasteiger partial charge in [-0.2, -0.15) is 0 Å². The first-order valence-electron chi connectivity index (χ1n) is 12.4. The predicted molar refractivity (Wildman–Crippen MR) is 147 cm³/mol. The molecule has 188 valence electrons. The summed E-state index contributed by atoms with van der Waals surface area (Å²) in [6.07, 6.45) is 3.49. The van der Waals surface area contributed by atoms with Crippen molar-refractivity contribution in [3.8, 4) is 0 Å². The van der Waals surface area contributed by atoms with Crippen molar-refractivity contribution in [2.24, 2.45) is 4.99 Å². The maximum atomic E-state index is 6.00. The summed E-state index contributed by atoms with van der Waals surface area (Å²) in [5, 5.41) is 3.49. The lowest BCUT2D eigenvalue weighted by Crippen LogP contribution is -2.48. The molecule has 0 atom stereocenters. The monoisotopic (exact) mass is 573 g/mol. The summed E-state index contributed by atoms with van der Waals surface area (Å²) in [5.74, 6) is 1.06. The van der Waals surface area contributed by atoms with Crippen LogP contribution in [0, 0.1) is 0 Å². The largest absolute Gasteiger partial charge is 0.385 e. The second-order valence-electron chi connectivity index (χ2n) is 8.74. The SMILES string of the molecule is CCNC(=NCCN1CCN(Cc2ccccc2)CC1)N1CCC(OCCCOC)CC1.I. The Kier molecular flexibility index (Phi) is 14.3. The molecule has 1 aromatic carbocycles. The molecular weight excluding hydrogens is 529 g/mol. The third kappa shape index (κ3) is 10.5. The maximum Gasteiger partial charge on any atom is 0.193 e. The highest BCUT2D eigenvalue weighted by Gasteiger charge is 2.22. The highest BCUT2D eigenvalue weighted by Crippen LogP contribution is 2.14. The van der Waals surface area contributed by atoms with E-state index in [0.717, 1.165) is 104 Å². The second-order valence-corrected chi connectivity index (χ2v) is 8.74. The number of ether oxygens (including phenoxy) is 2. The summed E-state index contributed by atoms with van der Waals surface area (Å²) in [6.45, 7) is 14.1. The van der Waals surface area contributed by atoms with Gasteiger partial charge in [-0.25, -0.2) is 0 Å². The lowest BCUT2D eigenvalue weighted by Gasteiger charge is -2.35. The number of aliphatic imine (C=N–C) groups is 1. The van der Waals surface area contributed by atoms with E-state index < -0.39 is 0 Å². The molecule has 0 aliphatic carbocycles. The first kappa shape index (κ1) is 28.3. The summed E-state index contributed by atoms with van der Waals surface area (Å²) in [4.78, 5) is 12.5. The molecular formula is C25H44IN5O2. The number of rotatable bonds is 11. The maximum absolute atomic E-state index is 6.00. The van der Waals surface area contributed by atoms with E-state index in [4.69, 9.17) is 14.5 Å². The number of guanidine groups is 1. The zero-order valence-electron chi connectivity index (χ0n) is 20.6. The van der Waals surface area contributed by atoms with Crippen LogP contribution < -0.4 is 5.32 Å². The molecule has 0 unspecified atom stereocenters. The predicted octanol–water partition coefficient (Wildman–Crippen LogP) is 2.91. The van der Waals surface area contributed by atoms with Crippen molar-refractivity contribution in [3.63, 3.8) is 0 Å². The average Bonchev–Trinajstić information content (AvgIpc) is 2.83. The van der Waals surface area contributed by atoms with Crippen LogP contribution in [-0.2, 0) is 16.0 Å². The van der Waals surface area contributed by atoms with E-state index in [-0.39, 0.29) is 24.0 Å². The number of benzene rings is 1. The number of methoxy groups -OCH3 is 1. The molecule has 0 spiro atoms. The Labute approximate surface area is 217 Å². The van der Waals surface area contributed by atoms with Crippen LogP contribution in [0.25, 0.3) is 0 Å². The zero-order valence-corrected chi connectivity index (χ0v) is 22.9. The van der Waals surface area contributed by atoms with E-state index >= 15 is 0 Å². The Morgan fingerprint density at radius 1 is 1.00 bits per heavy atom. The Hall–Kier alpha value is -0.940. The zero-order chi connectivity index (χ0) is 22.4. The Morgan fingerprint density at radius 3 is 2.36 bits per heavy atom. The van der Waals surface area contributed by atoms with Gasteiger partial charge in [-0.15, -0.1) is 24.0 Å². The van der Waals surface area contributed by atoms with Crippen LogP contribution in [0.1, 0.15) is 31.7 Å². The summed E-state index contributed by atoms with van der Waals surface area (Å²) < 4.78 is 11.1. The minimum Gasteiger partial charge on any atom is -0.385 e. The van der Waals surface area contributed by atoms with Crippen LogP contribution in [0.3, 0.4) is 0 Å². The summed E-state index contributed by atoms with van der Waals surface area (Å²) in [5.41, 5.74) is 1.41. The van der Waals surface area contributed by atoms with Crippen molar-refractivity contribution < 1.29 is 9.47 Å². The third-order valence-corrected chi connectivity index (χ3v) is 6.31. The van der Waals surface area contributed by atoms with Crippen LogP contribution in [0.4, 0.5) is 0 Å². The first-order valence-corrected chi connectivity index (χ1v) is 12.4. The topological polar surface area (TPSA) is 52.6 Å². The van der Waals surface area contributed by atoms with Gasteiger partial charge in [-0.05, 0) is 31.7 Å². The van der Waals surface area contributed by atoms with E-state index in [9.17, 15) is 0 Å². The van der Waals surface area contributed by atoms with Gasteiger partial charge in [0.15, 0.2) is 5.96 Å². The van der Waals surface area contributed by atoms with Crippen LogP contribution in [0.2, 0.25) is 0 Å². The fraction of sp³-hybridized carbons (Fsp3) is 0.720. The van der Waals surface area contributed by atoms with E-state index in [0.29, 0.717) is 6.10 Å². The summed E-state index contributed by atoms with van der Waals surface area (Å²) in [6, 6.07) is 10.8. The minimum atomic E-state index is 0. The molecule has 7 nitrogen and oxygen atoms in total. The molecule has 0 saturated carbocycles. The number of piperazine rings is 1. The fourth-order valence-electron chi connectivity index (χ4n) is 4.42. The van der Waals surface area contributed by atoms with Gasteiger partial charge in [0.05, 0.1) is 12.6 Å². The Morgan fingerprint density at radius 2 is 1.70 bits per heavy atom. The number of hydrogen-bond acceptors (Lipinski definition) is 5. The van der Waals surface area contributed by atoms with E-state index in [1.54, 1.807) is 7.11 Å². The second kappa shape index (κ2) is 16.6. The van der Waals surface area contributed by atoms with Gasteiger partial charge in [0.2, 0.25) is 0 Å². The van der Waals surface area contributed by atoms with Gasteiger partial charge in [-0.1, -0.05) is 30.3 Å². The highest BCUT2D eigenvalue weighted by atomic mass is 127. The van der Waals surface area contributed by atoms with Crippen molar-refractivity contribution in [1.29, 1.82) is 0 Å². The molecule has 0 bridgehead atoms. The average molecular weight is 574 g/mol. The molecule has 1 N–H and O–H groups in total. The number of nitrogens with one attached hydrogen (secondary N) is 1. The molecule has 0 aromatic heterocycles. The molecule has 2 heterocycles. The van der Waals surface area contributed by atoms with Crippen molar-refractivity contribution in [1.82, 2.24) is 20.0 Å². The van der Waals surface area contributed by atoms with E-state index in [1.165, 1.54) is 5.56 Å². The van der Waals surface area contributed by atoms with Crippen LogP contribution in [-0.4, -0.2) is 106 Å². The van der Waals surface area contributed by atoms with Crippen molar-refractivity contribution in [3.05, 3.63) is 35.9 Å². The van der Waals surface area contributed by atoms with Crippen molar-refractivity contribution >= 4 is 29.9 Å². The van der Waals surface area contributed by atoms with Gasteiger partial charge in [-0.3, -0.25) is 14.8 Å². The molecule has 2 aliphatic heterocycles. The van der Waals surface area contributed by atoms with Crippen molar-refractivity contribution in [2.45, 2.75) is 38.8 Å². The minimum absolute atomic E-state index is 0. The van der Waals surface area contributed by atoms with E-state index in [1.807, 2.05) is 0 Å². The molecule has 2 aliphatic rings. The first-order chi connectivity index (χ1) is 15.8. The lowest BCUT2D eigenvalue weighted by molar-refractivity contribution is 0.00989. The molecule has 3 rings (SSSR count). The molecule has 0 radical (unpaired) electrons. The molecule has 33 heavy (non-hydrogen) atoms. The van der Waals surface area contributed by atoms with Gasteiger partial charge in [0.25, 0.3) is 0 Å². The van der Waals surface area contributed by atoms with Crippen LogP contribution in [0.5, 0.6) is 0 Å². The number of halogens is 1. The number of hydrogen-bond donors (Lipinski definition) is 1. The smallest absolute Gasteiger partial charge is 0.193 e. The standard InChI is InChI=1S/C25H43N5O2.HI/c1-3-26-25(30-13-10-24(11-14-30)32-21-7-20-31-2)27-12-15-28-16-18-29(19-17-28)22-23-8-5-4-6-9-23;/h4-6,8-9,24H,3,7,10-22H2,1-2H3,(H,26,27);1H. The van der Waals surface area contributed by atoms with Crippen LogP contribution >= 0.6 is 24.0 Å². The molecule has 2 fully saturated rings. The Bertz CT molecular complexity index is 647. The van der Waals surface area contributed by atoms with Gasteiger partial charge < -0.3 is 19.7 Å². The van der Waals surface area contributed by atoms with E-state index in [2.05, 4.69) is 57.3 Å². The highest BCUT2D eigenvalue weighted by molar-refractivity contribution is 14.0. The summed E-state index contributed by atoms with van der Waals surface area (Å²) in [7, 11) is 1.74. The Balaban J connectivity index is 0.00000385. The lowest BCUT2D eigenvalue weighted by atomic mass is 10.1. The third-order valence-electron chi connectivity index (χ3n) is 6.31. The van der Waals surface area contributed by atoms with Gasteiger partial charge in [0, 0.05) is 79.2 Å². The number of likely N-dealkylation sites (tertiary alicyclic amines) is 1. The molecule has 0 amide bonds. The van der Waals surface area contributed by atoms with Gasteiger partial charge >= 0.3 is 0 Å². The van der Waals surface area contributed by atoms with Crippen LogP contribution in [0.15, 0.2) is 35.3 Å². The number of nitrogens with zero attached hydrogens (tertiary/aromatic N) is 4. The van der Waals surface area contributed by atoms with Gasteiger partial charge in [0.1, 0.15) is 0 Å².